The highest BCUT2D eigenvalue weighted by Crippen LogP contribution is 2.28. The van der Waals surface area contributed by atoms with E-state index in [9.17, 15) is 9.90 Å². The molecule has 0 spiro atoms. The first-order valence-electron chi connectivity index (χ1n) is 6.87. The minimum absolute atomic E-state index is 0.392. The minimum Gasteiger partial charge on any atom is -0.477 e. The average Bonchev–Trinajstić information content (AvgIpc) is 2.80. The Bertz CT molecular complexity index is 618. The van der Waals surface area contributed by atoms with Gasteiger partial charge in [-0.15, -0.1) is 23.1 Å². The third kappa shape index (κ3) is 4.58. The van der Waals surface area contributed by atoms with E-state index in [1.807, 2.05) is 0 Å². The highest BCUT2D eigenvalue weighted by atomic mass is 32.2. The summed E-state index contributed by atoms with van der Waals surface area (Å²) in [7, 11) is 0. The van der Waals surface area contributed by atoms with E-state index in [1.165, 1.54) is 21.8 Å². The number of carboxylic acid groups (broad SMARTS) is 1. The van der Waals surface area contributed by atoms with E-state index in [1.54, 1.807) is 11.8 Å². The number of carboxylic acids is 1. The highest BCUT2D eigenvalue weighted by molar-refractivity contribution is 7.98. The maximum atomic E-state index is 11.3. The summed E-state index contributed by atoms with van der Waals surface area (Å²) in [6.07, 6.45) is 0.716. The number of hydrogen-bond donors (Lipinski definition) is 1. The van der Waals surface area contributed by atoms with Crippen LogP contribution < -0.4 is 0 Å². The van der Waals surface area contributed by atoms with Gasteiger partial charge in [-0.2, -0.15) is 0 Å². The van der Waals surface area contributed by atoms with Gasteiger partial charge in [-0.3, -0.25) is 0 Å². The molecule has 3 nitrogen and oxygen atoms in total. The van der Waals surface area contributed by atoms with Gasteiger partial charge in [0.2, 0.25) is 0 Å². The Kier molecular flexibility index (Phi) is 5.42. The molecule has 0 radical (unpaired) electrons. The van der Waals surface area contributed by atoms with E-state index in [0.717, 1.165) is 10.7 Å². The van der Waals surface area contributed by atoms with Crippen molar-refractivity contribution in [1.82, 2.24) is 4.98 Å². The molecule has 0 aliphatic rings. The van der Waals surface area contributed by atoms with Gasteiger partial charge < -0.3 is 5.11 Å². The Balaban J connectivity index is 2.09. The first kappa shape index (κ1) is 16.0. The standard InChI is InChI=1S/C16H19NO2S2/c1-10(2)8-13-15(16(18)19)21-14(17-13)9-20-12-6-4-11(3)5-7-12/h4-7,10H,8-9H2,1-3H3,(H,18,19). The van der Waals surface area contributed by atoms with Crippen molar-refractivity contribution in [3.63, 3.8) is 0 Å². The van der Waals surface area contributed by atoms with Crippen LogP contribution in [0.15, 0.2) is 29.2 Å². The smallest absolute Gasteiger partial charge is 0.347 e. The van der Waals surface area contributed by atoms with Gasteiger partial charge in [0.15, 0.2) is 0 Å². The zero-order valence-corrected chi connectivity index (χ0v) is 14.1. The number of hydrogen-bond acceptors (Lipinski definition) is 4. The molecule has 1 aromatic heterocycles. The van der Waals surface area contributed by atoms with Crippen molar-refractivity contribution in [2.45, 2.75) is 37.8 Å². The van der Waals surface area contributed by atoms with Crippen molar-refractivity contribution in [3.8, 4) is 0 Å². The molecule has 0 bridgehead atoms. The normalized spacial score (nSPS) is 11.0. The molecular weight excluding hydrogens is 302 g/mol. The maximum Gasteiger partial charge on any atom is 0.347 e. The quantitative estimate of drug-likeness (QED) is 0.787. The topological polar surface area (TPSA) is 50.2 Å². The van der Waals surface area contributed by atoms with Crippen LogP contribution >= 0.6 is 23.1 Å². The number of thiazole rings is 1. The molecule has 5 heteroatoms. The zero-order chi connectivity index (χ0) is 15.4. The van der Waals surface area contributed by atoms with Gasteiger partial charge in [-0.05, 0) is 31.4 Å². The SMILES string of the molecule is Cc1ccc(SCc2nc(CC(C)C)c(C(=O)O)s2)cc1. The lowest BCUT2D eigenvalue weighted by molar-refractivity contribution is 0.0700. The van der Waals surface area contributed by atoms with Gasteiger partial charge in [-0.1, -0.05) is 31.5 Å². The highest BCUT2D eigenvalue weighted by Gasteiger charge is 2.18. The van der Waals surface area contributed by atoms with E-state index in [-0.39, 0.29) is 0 Å². The fourth-order valence-electron chi connectivity index (χ4n) is 1.93. The van der Waals surface area contributed by atoms with Crippen LogP contribution in [-0.2, 0) is 12.2 Å². The minimum atomic E-state index is -0.866. The lowest BCUT2D eigenvalue weighted by Gasteiger charge is -2.01. The van der Waals surface area contributed by atoms with Crippen molar-refractivity contribution in [1.29, 1.82) is 0 Å². The van der Waals surface area contributed by atoms with Crippen LogP contribution in [0, 0.1) is 12.8 Å². The third-order valence-corrected chi connectivity index (χ3v) is 5.21. The van der Waals surface area contributed by atoms with Gasteiger partial charge in [0, 0.05) is 4.90 Å². The number of nitrogens with zero attached hydrogens (tertiary/aromatic N) is 1. The van der Waals surface area contributed by atoms with Crippen molar-refractivity contribution in [2.24, 2.45) is 5.92 Å². The van der Waals surface area contributed by atoms with Crippen LogP contribution in [-0.4, -0.2) is 16.1 Å². The van der Waals surface area contributed by atoms with Crippen molar-refractivity contribution >= 4 is 29.1 Å². The van der Waals surface area contributed by atoms with E-state index in [4.69, 9.17) is 0 Å². The number of thioether (sulfide) groups is 1. The summed E-state index contributed by atoms with van der Waals surface area (Å²) in [5, 5.41) is 10.2. The fraction of sp³-hybridized carbons (Fsp3) is 0.375. The van der Waals surface area contributed by atoms with Crippen molar-refractivity contribution in [3.05, 3.63) is 45.4 Å². The number of aromatic nitrogens is 1. The lowest BCUT2D eigenvalue weighted by Crippen LogP contribution is -2.02. The number of benzene rings is 1. The first-order chi connectivity index (χ1) is 9.95. The summed E-state index contributed by atoms with van der Waals surface area (Å²) in [4.78, 5) is 17.4. The molecule has 2 rings (SSSR count). The Morgan fingerprint density at radius 1 is 1.33 bits per heavy atom. The molecule has 21 heavy (non-hydrogen) atoms. The van der Waals surface area contributed by atoms with Crippen LogP contribution in [0.5, 0.6) is 0 Å². The second-order valence-corrected chi connectivity index (χ2v) is 7.52. The van der Waals surface area contributed by atoms with E-state index in [2.05, 4.69) is 50.0 Å². The Morgan fingerprint density at radius 2 is 2.00 bits per heavy atom. The molecular formula is C16H19NO2S2. The predicted octanol–water partition coefficient (Wildman–Crippen LogP) is 4.64. The average molecular weight is 321 g/mol. The van der Waals surface area contributed by atoms with Crippen LogP contribution in [0.25, 0.3) is 0 Å². The van der Waals surface area contributed by atoms with Crippen LogP contribution in [0.2, 0.25) is 0 Å². The number of rotatable bonds is 6. The lowest BCUT2D eigenvalue weighted by atomic mass is 10.1. The third-order valence-electron chi connectivity index (χ3n) is 2.92. The number of carbonyl (C=O) groups is 1. The second-order valence-electron chi connectivity index (χ2n) is 5.39. The maximum absolute atomic E-state index is 11.3. The summed E-state index contributed by atoms with van der Waals surface area (Å²) < 4.78 is 0. The predicted molar refractivity (Wildman–Crippen MR) is 88.4 cm³/mol. The number of aryl methyl sites for hydroxylation is 1. The van der Waals surface area contributed by atoms with Crippen LogP contribution in [0.4, 0.5) is 0 Å². The second kappa shape index (κ2) is 7.09. The molecule has 1 N–H and O–H groups in total. The molecule has 0 amide bonds. The Morgan fingerprint density at radius 3 is 2.57 bits per heavy atom. The molecule has 0 aliphatic carbocycles. The molecule has 1 aromatic carbocycles. The Hall–Kier alpha value is -1.33. The van der Waals surface area contributed by atoms with Crippen molar-refractivity contribution in [2.75, 3.05) is 0 Å². The fourth-order valence-corrected chi connectivity index (χ4v) is 3.76. The molecule has 0 saturated carbocycles. The molecule has 0 unspecified atom stereocenters. The molecule has 0 aliphatic heterocycles. The molecule has 0 saturated heterocycles. The van der Waals surface area contributed by atoms with Gasteiger partial charge in [0.05, 0.1) is 11.4 Å². The molecule has 112 valence electrons. The molecule has 0 atom stereocenters. The Labute approximate surface area is 133 Å². The summed E-state index contributed by atoms with van der Waals surface area (Å²) >= 11 is 2.99. The van der Waals surface area contributed by atoms with Crippen LogP contribution in [0.1, 0.15) is 39.8 Å². The van der Waals surface area contributed by atoms with Crippen LogP contribution in [0.3, 0.4) is 0 Å². The van der Waals surface area contributed by atoms with E-state index < -0.39 is 5.97 Å². The molecule has 0 fully saturated rings. The van der Waals surface area contributed by atoms with Gasteiger partial charge in [0.25, 0.3) is 0 Å². The monoisotopic (exact) mass is 321 g/mol. The van der Waals surface area contributed by atoms with Gasteiger partial charge >= 0.3 is 5.97 Å². The summed E-state index contributed by atoms with van der Waals surface area (Å²) in [5.41, 5.74) is 1.96. The van der Waals surface area contributed by atoms with Gasteiger partial charge in [0.1, 0.15) is 9.88 Å². The summed E-state index contributed by atoms with van der Waals surface area (Å²) in [6, 6.07) is 8.33. The van der Waals surface area contributed by atoms with Gasteiger partial charge in [-0.25, -0.2) is 9.78 Å². The van der Waals surface area contributed by atoms with Crippen molar-refractivity contribution < 1.29 is 9.90 Å². The molecule has 1 heterocycles. The summed E-state index contributed by atoms with van der Waals surface area (Å²) in [5.74, 6) is 0.254. The van der Waals surface area contributed by atoms with E-state index >= 15 is 0 Å². The molecule has 2 aromatic rings. The summed E-state index contributed by atoms with van der Waals surface area (Å²) in [6.45, 7) is 6.21. The zero-order valence-electron chi connectivity index (χ0n) is 12.4. The number of aromatic carboxylic acids is 1. The largest absolute Gasteiger partial charge is 0.477 e. The van der Waals surface area contributed by atoms with E-state index in [0.29, 0.717) is 23.0 Å². The first-order valence-corrected chi connectivity index (χ1v) is 8.67.